The zero-order chi connectivity index (χ0) is 13.3. The molecule has 1 N–H and O–H groups in total. The van der Waals surface area contributed by atoms with Crippen molar-refractivity contribution in [3.8, 4) is 11.5 Å². The number of ether oxygens (including phenoxy) is 2. The van der Waals surface area contributed by atoms with Crippen molar-refractivity contribution in [1.82, 2.24) is 5.32 Å². The fourth-order valence-electron chi connectivity index (χ4n) is 1.62. The first-order chi connectivity index (χ1) is 8.37. The van der Waals surface area contributed by atoms with E-state index in [9.17, 15) is 4.79 Å². The van der Waals surface area contributed by atoms with Crippen molar-refractivity contribution >= 4 is 11.7 Å². The van der Waals surface area contributed by atoms with Crippen molar-refractivity contribution in [1.29, 1.82) is 0 Å². The monoisotopic (exact) mass is 250 g/mol. The molecule has 98 valence electrons. The second kappa shape index (κ2) is 4.40. The van der Waals surface area contributed by atoms with Crippen LogP contribution >= 0.6 is 0 Å². The Morgan fingerprint density at radius 1 is 1.28 bits per heavy atom. The lowest BCUT2D eigenvalue weighted by molar-refractivity contribution is 0.174. The number of hydrogen-bond acceptors (Lipinski definition) is 3. The van der Waals surface area contributed by atoms with Crippen LogP contribution in [0.5, 0.6) is 11.5 Å². The molecule has 0 unspecified atom stereocenters. The van der Waals surface area contributed by atoms with E-state index in [4.69, 9.17) is 9.47 Å². The molecule has 0 aromatic heterocycles. The number of carbonyl (C=O) groups is 1. The molecule has 0 spiro atoms. The average molecular weight is 250 g/mol. The van der Waals surface area contributed by atoms with Crippen LogP contribution in [0.4, 0.5) is 10.5 Å². The average Bonchev–Trinajstić information content (AvgIpc) is 2.72. The van der Waals surface area contributed by atoms with Crippen LogP contribution in [-0.2, 0) is 0 Å². The molecule has 0 atom stereocenters. The molecule has 1 aliphatic heterocycles. The van der Waals surface area contributed by atoms with Crippen molar-refractivity contribution < 1.29 is 14.3 Å². The number of amides is 2. The Labute approximate surface area is 107 Å². The van der Waals surface area contributed by atoms with Crippen LogP contribution in [0.25, 0.3) is 0 Å². The van der Waals surface area contributed by atoms with E-state index < -0.39 is 0 Å². The van der Waals surface area contributed by atoms with Crippen molar-refractivity contribution in [3.05, 3.63) is 18.2 Å². The Hall–Kier alpha value is -1.91. The molecular formula is C13H18N2O3. The molecule has 0 aliphatic carbocycles. The van der Waals surface area contributed by atoms with Gasteiger partial charge in [-0.05, 0) is 32.9 Å². The van der Waals surface area contributed by atoms with E-state index >= 15 is 0 Å². The topological polar surface area (TPSA) is 50.8 Å². The molecule has 0 radical (unpaired) electrons. The summed E-state index contributed by atoms with van der Waals surface area (Å²) in [5.41, 5.74) is 0.503. The fraction of sp³-hybridized carbons (Fsp3) is 0.462. The summed E-state index contributed by atoms with van der Waals surface area (Å²) in [6.07, 6.45) is 0. The van der Waals surface area contributed by atoms with Crippen molar-refractivity contribution in [2.75, 3.05) is 18.7 Å². The van der Waals surface area contributed by atoms with Gasteiger partial charge in [-0.15, -0.1) is 0 Å². The number of hydrogen-bond donors (Lipinski definition) is 1. The van der Waals surface area contributed by atoms with Gasteiger partial charge in [-0.25, -0.2) is 4.79 Å². The first kappa shape index (κ1) is 12.5. The largest absolute Gasteiger partial charge is 0.454 e. The smallest absolute Gasteiger partial charge is 0.322 e. The maximum Gasteiger partial charge on any atom is 0.322 e. The third-order valence-electron chi connectivity index (χ3n) is 2.53. The van der Waals surface area contributed by atoms with Gasteiger partial charge in [-0.3, -0.25) is 4.90 Å². The Morgan fingerprint density at radius 3 is 2.61 bits per heavy atom. The first-order valence-corrected chi connectivity index (χ1v) is 5.82. The summed E-state index contributed by atoms with van der Waals surface area (Å²) in [6, 6.07) is 5.28. The molecule has 1 aromatic rings. The van der Waals surface area contributed by atoms with Crippen LogP contribution in [0.15, 0.2) is 18.2 Å². The lowest BCUT2D eigenvalue weighted by atomic mass is 10.1. The Morgan fingerprint density at radius 2 is 1.94 bits per heavy atom. The standard InChI is InChI=1S/C13H18N2O3/c1-13(2,3)14-12(16)15(4)9-5-6-10-11(7-9)18-8-17-10/h5-7H,8H2,1-4H3,(H,14,16). The summed E-state index contributed by atoms with van der Waals surface area (Å²) in [5.74, 6) is 1.38. The number of urea groups is 1. The van der Waals surface area contributed by atoms with E-state index in [1.54, 1.807) is 24.1 Å². The number of nitrogens with zero attached hydrogens (tertiary/aromatic N) is 1. The van der Waals surface area contributed by atoms with Crippen molar-refractivity contribution in [2.24, 2.45) is 0 Å². The number of rotatable bonds is 1. The molecule has 1 aliphatic rings. The van der Waals surface area contributed by atoms with Gasteiger partial charge in [0.15, 0.2) is 11.5 Å². The molecule has 2 amide bonds. The minimum atomic E-state index is -0.262. The number of carbonyl (C=O) groups excluding carboxylic acids is 1. The highest BCUT2D eigenvalue weighted by Crippen LogP contribution is 2.35. The summed E-state index contributed by atoms with van der Waals surface area (Å²) in [6.45, 7) is 6.06. The third kappa shape index (κ3) is 2.67. The Kier molecular flexibility index (Phi) is 3.07. The van der Waals surface area contributed by atoms with Crippen LogP contribution < -0.4 is 19.7 Å². The van der Waals surface area contributed by atoms with Gasteiger partial charge >= 0.3 is 6.03 Å². The third-order valence-corrected chi connectivity index (χ3v) is 2.53. The molecule has 0 saturated carbocycles. The molecule has 1 aromatic carbocycles. The predicted octanol–water partition coefficient (Wildman–Crippen LogP) is 2.36. The van der Waals surface area contributed by atoms with Crippen molar-refractivity contribution in [3.63, 3.8) is 0 Å². The summed E-state index contributed by atoms with van der Waals surface area (Å²) >= 11 is 0. The van der Waals surface area contributed by atoms with Gasteiger partial charge in [0.05, 0.1) is 0 Å². The van der Waals surface area contributed by atoms with Gasteiger partial charge < -0.3 is 14.8 Å². The maximum atomic E-state index is 12.0. The second-order valence-corrected chi connectivity index (χ2v) is 5.28. The van der Waals surface area contributed by atoms with E-state index in [-0.39, 0.29) is 18.4 Å². The normalized spacial score (nSPS) is 13.3. The van der Waals surface area contributed by atoms with E-state index in [0.717, 1.165) is 5.69 Å². The van der Waals surface area contributed by atoms with Gasteiger partial charge in [0, 0.05) is 24.3 Å². The van der Waals surface area contributed by atoms with Gasteiger partial charge in [0.25, 0.3) is 0 Å². The number of nitrogens with one attached hydrogen (secondary N) is 1. The van der Waals surface area contributed by atoms with Crippen molar-refractivity contribution in [2.45, 2.75) is 26.3 Å². The summed E-state index contributed by atoms with van der Waals surface area (Å²) in [4.78, 5) is 13.6. The number of anilines is 1. The molecule has 5 heteroatoms. The summed E-state index contributed by atoms with van der Waals surface area (Å²) in [7, 11) is 1.72. The summed E-state index contributed by atoms with van der Waals surface area (Å²) < 4.78 is 10.5. The molecule has 0 bridgehead atoms. The minimum absolute atomic E-state index is 0.152. The highest BCUT2D eigenvalue weighted by atomic mass is 16.7. The SMILES string of the molecule is CN(C(=O)NC(C)(C)C)c1ccc2c(c1)OCO2. The van der Waals surface area contributed by atoms with Crippen LogP contribution in [-0.4, -0.2) is 25.4 Å². The first-order valence-electron chi connectivity index (χ1n) is 5.82. The van der Waals surface area contributed by atoms with Gasteiger partial charge in [0.1, 0.15) is 0 Å². The molecule has 5 nitrogen and oxygen atoms in total. The molecule has 1 heterocycles. The van der Waals surface area contributed by atoms with Crippen LogP contribution in [0.3, 0.4) is 0 Å². The van der Waals surface area contributed by atoms with Gasteiger partial charge in [-0.1, -0.05) is 0 Å². The van der Waals surface area contributed by atoms with Gasteiger partial charge in [-0.2, -0.15) is 0 Å². The lowest BCUT2D eigenvalue weighted by Gasteiger charge is -2.25. The fourth-order valence-corrected chi connectivity index (χ4v) is 1.62. The number of fused-ring (bicyclic) bond motifs is 1. The Balaban J connectivity index is 2.14. The lowest BCUT2D eigenvalue weighted by Crippen LogP contribution is -2.47. The molecule has 0 saturated heterocycles. The van der Waals surface area contributed by atoms with Gasteiger partial charge in [0.2, 0.25) is 6.79 Å². The van der Waals surface area contributed by atoms with E-state index in [1.807, 2.05) is 26.8 Å². The zero-order valence-electron chi connectivity index (χ0n) is 11.1. The summed E-state index contributed by atoms with van der Waals surface area (Å²) in [5, 5.41) is 2.90. The molecular weight excluding hydrogens is 232 g/mol. The quantitative estimate of drug-likeness (QED) is 0.832. The van der Waals surface area contributed by atoms with E-state index in [0.29, 0.717) is 11.5 Å². The van der Waals surface area contributed by atoms with Crippen LogP contribution in [0.2, 0.25) is 0 Å². The highest BCUT2D eigenvalue weighted by molar-refractivity contribution is 5.92. The van der Waals surface area contributed by atoms with Crippen LogP contribution in [0.1, 0.15) is 20.8 Å². The number of benzene rings is 1. The second-order valence-electron chi connectivity index (χ2n) is 5.28. The molecule has 2 rings (SSSR count). The van der Waals surface area contributed by atoms with E-state index in [1.165, 1.54) is 0 Å². The highest BCUT2D eigenvalue weighted by Gasteiger charge is 2.20. The minimum Gasteiger partial charge on any atom is -0.454 e. The van der Waals surface area contributed by atoms with Crippen LogP contribution in [0, 0.1) is 0 Å². The Bertz CT molecular complexity index is 466. The zero-order valence-corrected chi connectivity index (χ0v) is 11.1. The van der Waals surface area contributed by atoms with E-state index in [2.05, 4.69) is 5.32 Å². The molecule has 0 fully saturated rings. The predicted molar refractivity (Wildman–Crippen MR) is 69.3 cm³/mol. The molecule has 18 heavy (non-hydrogen) atoms. The maximum absolute atomic E-state index is 12.0.